The molecular formula is C12H16ClNO2. The molecule has 0 saturated carbocycles. The standard InChI is InChI=1S/C12H16ClNO2/c1-2-3-7-14(9-12(15)16)11-6-4-5-10(13)8-11/h4-6,8H,2-3,7,9H2,1H3,(H,15,16). The lowest BCUT2D eigenvalue weighted by Crippen LogP contribution is -2.30. The van der Waals surface area contributed by atoms with Crippen LogP contribution in [0.1, 0.15) is 19.8 Å². The van der Waals surface area contributed by atoms with Crippen molar-refractivity contribution in [3.05, 3.63) is 29.3 Å². The first-order valence-electron chi connectivity index (χ1n) is 5.35. The van der Waals surface area contributed by atoms with Crippen molar-refractivity contribution in [3.63, 3.8) is 0 Å². The molecule has 0 fully saturated rings. The Bertz CT molecular complexity index is 355. The zero-order valence-corrected chi connectivity index (χ0v) is 10.1. The van der Waals surface area contributed by atoms with Crippen LogP contribution in [-0.2, 0) is 4.79 Å². The predicted molar refractivity (Wildman–Crippen MR) is 66.2 cm³/mol. The number of hydrogen-bond acceptors (Lipinski definition) is 2. The summed E-state index contributed by atoms with van der Waals surface area (Å²) < 4.78 is 0. The van der Waals surface area contributed by atoms with Crippen LogP contribution in [0.3, 0.4) is 0 Å². The molecule has 0 atom stereocenters. The molecule has 1 aromatic carbocycles. The van der Waals surface area contributed by atoms with Crippen molar-refractivity contribution in [2.45, 2.75) is 19.8 Å². The van der Waals surface area contributed by atoms with Crippen molar-refractivity contribution < 1.29 is 9.90 Å². The minimum Gasteiger partial charge on any atom is -0.480 e. The number of hydrogen-bond donors (Lipinski definition) is 1. The molecule has 0 amide bonds. The van der Waals surface area contributed by atoms with E-state index in [0.29, 0.717) is 5.02 Å². The van der Waals surface area contributed by atoms with Crippen molar-refractivity contribution in [1.82, 2.24) is 0 Å². The maximum absolute atomic E-state index is 10.8. The third-order valence-electron chi connectivity index (χ3n) is 2.28. The van der Waals surface area contributed by atoms with Gasteiger partial charge in [-0.15, -0.1) is 0 Å². The Morgan fingerprint density at radius 1 is 1.50 bits per heavy atom. The fraction of sp³-hybridized carbons (Fsp3) is 0.417. The highest BCUT2D eigenvalue weighted by Gasteiger charge is 2.10. The van der Waals surface area contributed by atoms with Crippen LogP contribution in [-0.4, -0.2) is 24.2 Å². The summed E-state index contributed by atoms with van der Waals surface area (Å²) in [6, 6.07) is 7.28. The second-order valence-corrected chi connectivity index (χ2v) is 4.09. The van der Waals surface area contributed by atoms with Crippen molar-refractivity contribution in [2.24, 2.45) is 0 Å². The van der Waals surface area contributed by atoms with E-state index in [2.05, 4.69) is 6.92 Å². The third-order valence-corrected chi connectivity index (χ3v) is 2.52. The molecule has 16 heavy (non-hydrogen) atoms. The zero-order chi connectivity index (χ0) is 12.0. The molecule has 88 valence electrons. The van der Waals surface area contributed by atoms with Crippen LogP contribution in [0.15, 0.2) is 24.3 Å². The Labute approximate surface area is 101 Å². The lowest BCUT2D eigenvalue weighted by Gasteiger charge is -2.22. The minimum atomic E-state index is -0.823. The fourth-order valence-electron chi connectivity index (χ4n) is 1.48. The van der Waals surface area contributed by atoms with Gasteiger partial charge in [-0.05, 0) is 24.6 Å². The summed E-state index contributed by atoms with van der Waals surface area (Å²) in [5.74, 6) is -0.823. The summed E-state index contributed by atoms with van der Waals surface area (Å²) in [5.41, 5.74) is 0.864. The SMILES string of the molecule is CCCCN(CC(=O)O)c1cccc(Cl)c1. The first-order valence-corrected chi connectivity index (χ1v) is 5.73. The number of rotatable bonds is 6. The van der Waals surface area contributed by atoms with Crippen molar-refractivity contribution in [3.8, 4) is 0 Å². The van der Waals surface area contributed by atoms with Crippen LogP contribution < -0.4 is 4.90 Å². The normalized spacial score (nSPS) is 10.1. The lowest BCUT2D eigenvalue weighted by molar-refractivity contribution is -0.135. The number of halogens is 1. The summed E-state index contributed by atoms with van der Waals surface area (Å²) in [6.07, 6.45) is 2.01. The van der Waals surface area contributed by atoms with Gasteiger partial charge >= 0.3 is 5.97 Å². The summed E-state index contributed by atoms with van der Waals surface area (Å²) in [5, 5.41) is 9.47. The highest BCUT2D eigenvalue weighted by molar-refractivity contribution is 6.30. The van der Waals surface area contributed by atoms with Gasteiger partial charge in [0.25, 0.3) is 0 Å². The largest absolute Gasteiger partial charge is 0.480 e. The molecule has 0 heterocycles. The molecule has 0 bridgehead atoms. The highest BCUT2D eigenvalue weighted by atomic mass is 35.5. The van der Waals surface area contributed by atoms with Gasteiger partial charge in [0, 0.05) is 17.3 Å². The number of anilines is 1. The number of carbonyl (C=O) groups is 1. The molecule has 0 aliphatic carbocycles. The number of carboxylic acid groups (broad SMARTS) is 1. The van der Waals surface area contributed by atoms with Gasteiger partial charge in [0.1, 0.15) is 6.54 Å². The van der Waals surface area contributed by atoms with E-state index in [9.17, 15) is 4.79 Å². The molecule has 0 spiro atoms. The van der Waals surface area contributed by atoms with Gasteiger partial charge in [-0.25, -0.2) is 0 Å². The number of benzene rings is 1. The lowest BCUT2D eigenvalue weighted by atomic mass is 10.2. The van der Waals surface area contributed by atoms with Crippen LogP contribution >= 0.6 is 11.6 Å². The Hall–Kier alpha value is -1.22. The summed E-state index contributed by atoms with van der Waals surface area (Å²) in [6.45, 7) is 2.83. The monoisotopic (exact) mass is 241 g/mol. The molecule has 1 rings (SSSR count). The average molecular weight is 242 g/mol. The zero-order valence-electron chi connectivity index (χ0n) is 9.32. The van der Waals surface area contributed by atoms with Gasteiger partial charge in [0.2, 0.25) is 0 Å². The quantitative estimate of drug-likeness (QED) is 0.832. The highest BCUT2D eigenvalue weighted by Crippen LogP contribution is 2.19. The van der Waals surface area contributed by atoms with Crippen molar-refractivity contribution in [2.75, 3.05) is 18.0 Å². The number of carboxylic acids is 1. The number of unbranched alkanes of at least 4 members (excludes halogenated alkanes) is 1. The molecular weight excluding hydrogens is 226 g/mol. The fourth-order valence-corrected chi connectivity index (χ4v) is 1.67. The first-order chi connectivity index (χ1) is 7.63. The van der Waals surface area contributed by atoms with Crippen LogP contribution in [0.4, 0.5) is 5.69 Å². The Morgan fingerprint density at radius 2 is 2.25 bits per heavy atom. The molecule has 4 heteroatoms. The molecule has 1 N–H and O–H groups in total. The molecule has 0 unspecified atom stereocenters. The van der Waals surface area contributed by atoms with Gasteiger partial charge < -0.3 is 10.0 Å². The van der Waals surface area contributed by atoms with E-state index in [4.69, 9.17) is 16.7 Å². The maximum atomic E-state index is 10.8. The van der Waals surface area contributed by atoms with Gasteiger partial charge in [0.05, 0.1) is 0 Å². The van der Waals surface area contributed by atoms with E-state index < -0.39 is 5.97 Å². The predicted octanol–water partition coefficient (Wildman–Crippen LogP) is 3.03. The first kappa shape index (κ1) is 12.8. The second kappa shape index (κ2) is 6.38. The van der Waals surface area contributed by atoms with Gasteiger partial charge in [-0.1, -0.05) is 31.0 Å². The second-order valence-electron chi connectivity index (χ2n) is 3.65. The molecule has 0 aliphatic heterocycles. The molecule has 0 aromatic heterocycles. The average Bonchev–Trinajstić information content (AvgIpc) is 2.23. The number of aliphatic carboxylic acids is 1. The Morgan fingerprint density at radius 3 is 2.81 bits per heavy atom. The van der Waals surface area contributed by atoms with E-state index in [0.717, 1.165) is 25.1 Å². The molecule has 0 aliphatic rings. The van der Waals surface area contributed by atoms with Crippen molar-refractivity contribution >= 4 is 23.3 Å². The van der Waals surface area contributed by atoms with Crippen molar-refractivity contribution in [1.29, 1.82) is 0 Å². The topological polar surface area (TPSA) is 40.5 Å². The van der Waals surface area contributed by atoms with Crippen LogP contribution in [0, 0.1) is 0 Å². The third kappa shape index (κ3) is 4.11. The molecule has 0 saturated heterocycles. The van der Waals surface area contributed by atoms with Crippen LogP contribution in [0.5, 0.6) is 0 Å². The van der Waals surface area contributed by atoms with E-state index in [1.165, 1.54) is 0 Å². The van der Waals surface area contributed by atoms with Crippen LogP contribution in [0.25, 0.3) is 0 Å². The van der Waals surface area contributed by atoms with Gasteiger partial charge in [-0.2, -0.15) is 0 Å². The molecule has 1 aromatic rings. The Balaban J connectivity index is 2.78. The maximum Gasteiger partial charge on any atom is 0.323 e. The van der Waals surface area contributed by atoms with Gasteiger partial charge in [-0.3, -0.25) is 4.79 Å². The smallest absolute Gasteiger partial charge is 0.323 e. The molecule has 0 radical (unpaired) electrons. The number of nitrogens with zero attached hydrogens (tertiary/aromatic N) is 1. The summed E-state index contributed by atoms with van der Waals surface area (Å²) in [4.78, 5) is 12.6. The van der Waals surface area contributed by atoms with E-state index in [-0.39, 0.29) is 6.54 Å². The van der Waals surface area contributed by atoms with E-state index >= 15 is 0 Å². The Kier molecular flexibility index (Phi) is 5.12. The summed E-state index contributed by atoms with van der Waals surface area (Å²) >= 11 is 5.89. The van der Waals surface area contributed by atoms with E-state index in [1.54, 1.807) is 12.1 Å². The molecule has 3 nitrogen and oxygen atoms in total. The van der Waals surface area contributed by atoms with Crippen LogP contribution in [0.2, 0.25) is 5.02 Å². The minimum absolute atomic E-state index is 0.0142. The summed E-state index contributed by atoms with van der Waals surface area (Å²) in [7, 11) is 0. The van der Waals surface area contributed by atoms with E-state index in [1.807, 2.05) is 17.0 Å². The van der Waals surface area contributed by atoms with Gasteiger partial charge in [0.15, 0.2) is 0 Å².